The standard InChI is InChI=1S/C10H4ClF3N2O2/c11-9-4(10(17)18)3-15-16(9)8-2-6(13)5(12)1-7(8)14/h1-3H,(H,17,18). The lowest BCUT2D eigenvalue weighted by molar-refractivity contribution is 0.0697. The maximum absolute atomic E-state index is 13.4. The van der Waals surface area contributed by atoms with Crippen molar-refractivity contribution in [1.29, 1.82) is 0 Å². The van der Waals surface area contributed by atoms with Crippen LogP contribution in [0.3, 0.4) is 0 Å². The normalized spacial score (nSPS) is 10.7. The lowest BCUT2D eigenvalue weighted by Gasteiger charge is -2.05. The Balaban J connectivity index is 2.63. The smallest absolute Gasteiger partial charge is 0.340 e. The highest BCUT2D eigenvalue weighted by Crippen LogP contribution is 2.23. The molecule has 0 atom stereocenters. The SMILES string of the molecule is O=C(O)c1cnn(-c2cc(F)c(F)cc2F)c1Cl. The number of hydrogen-bond acceptors (Lipinski definition) is 2. The zero-order valence-electron chi connectivity index (χ0n) is 8.49. The van der Waals surface area contributed by atoms with Crippen LogP contribution in [-0.2, 0) is 0 Å². The summed E-state index contributed by atoms with van der Waals surface area (Å²) in [6.07, 6.45) is 0.880. The first-order chi connectivity index (χ1) is 8.41. The van der Waals surface area contributed by atoms with Crippen LogP contribution in [0.1, 0.15) is 10.4 Å². The van der Waals surface area contributed by atoms with Crippen LogP contribution in [0.4, 0.5) is 13.2 Å². The van der Waals surface area contributed by atoms with Crippen LogP contribution in [0.5, 0.6) is 0 Å². The molecule has 0 fully saturated rings. The van der Waals surface area contributed by atoms with Gasteiger partial charge in [-0.2, -0.15) is 5.10 Å². The van der Waals surface area contributed by atoms with E-state index < -0.39 is 34.3 Å². The maximum atomic E-state index is 13.4. The molecule has 0 amide bonds. The fraction of sp³-hybridized carbons (Fsp3) is 0. The minimum Gasteiger partial charge on any atom is -0.478 e. The Kier molecular flexibility index (Phi) is 3.00. The molecule has 1 heterocycles. The molecule has 0 radical (unpaired) electrons. The summed E-state index contributed by atoms with van der Waals surface area (Å²) >= 11 is 5.65. The molecule has 0 aliphatic carbocycles. The van der Waals surface area contributed by atoms with Crippen molar-refractivity contribution in [3.05, 3.63) is 46.5 Å². The van der Waals surface area contributed by atoms with E-state index in [1.165, 1.54) is 0 Å². The Hall–Kier alpha value is -2.02. The molecule has 94 valence electrons. The van der Waals surface area contributed by atoms with Crippen molar-refractivity contribution >= 4 is 17.6 Å². The van der Waals surface area contributed by atoms with E-state index in [0.717, 1.165) is 6.20 Å². The number of aromatic carboxylic acids is 1. The number of carboxylic acid groups (broad SMARTS) is 1. The summed E-state index contributed by atoms with van der Waals surface area (Å²) in [5.74, 6) is -5.14. The van der Waals surface area contributed by atoms with Gasteiger partial charge in [0.2, 0.25) is 0 Å². The molecule has 0 aliphatic rings. The van der Waals surface area contributed by atoms with Crippen LogP contribution in [-0.4, -0.2) is 20.9 Å². The van der Waals surface area contributed by atoms with E-state index in [0.29, 0.717) is 16.8 Å². The van der Waals surface area contributed by atoms with Gasteiger partial charge in [-0.25, -0.2) is 22.6 Å². The molecule has 8 heteroatoms. The highest BCUT2D eigenvalue weighted by Gasteiger charge is 2.19. The van der Waals surface area contributed by atoms with Gasteiger partial charge < -0.3 is 5.11 Å². The topological polar surface area (TPSA) is 55.1 Å². The predicted molar refractivity (Wildman–Crippen MR) is 55.4 cm³/mol. The zero-order chi connectivity index (χ0) is 13.4. The van der Waals surface area contributed by atoms with Crippen LogP contribution < -0.4 is 0 Å². The van der Waals surface area contributed by atoms with Crippen LogP contribution in [0.2, 0.25) is 5.15 Å². The molecular formula is C10H4ClF3N2O2. The minimum absolute atomic E-state index is 0.323. The number of rotatable bonds is 2. The molecule has 0 unspecified atom stereocenters. The van der Waals surface area contributed by atoms with Gasteiger partial charge in [0.1, 0.15) is 16.4 Å². The van der Waals surface area contributed by atoms with E-state index in [-0.39, 0.29) is 5.56 Å². The third kappa shape index (κ3) is 1.92. The van der Waals surface area contributed by atoms with E-state index in [2.05, 4.69) is 5.10 Å². The fourth-order valence-corrected chi connectivity index (χ4v) is 1.58. The summed E-state index contributed by atoms with van der Waals surface area (Å²) in [6, 6.07) is 0.859. The van der Waals surface area contributed by atoms with Gasteiger partial charge in [0.25, 0.3) is 0 Å². The maximum Gasteiger partial charge on any atom is 0.340 e. The molecular weight excluding hydrogens is 273 g/mol. The Morgan fingerprint density at radius 3 is 2.39 bits per heavy atom. The summed E-state index contributed by atoms with van der Waals surface area (Å²) in [6.45, 7) is 0. The van der Waals surface area contributed by atoms with Gasteiger partial charge in [0.15, 0.2) is 17.5 Å². The quantitative estimate of drug-likeness (QED) is 0.858. The van der Waals surface area contributed by atoms with Gasteiger partial charge in [0, 0.05) is 12.1 Å². The molecule has 1 aromatic heterocycles. The Labute approximate surface area is 103 Å². The van der Waals surface area contributed by atoms with Crippen molar-refractivity contribution in [2.45, 2.75) is 0 Å². The van der Waals surface area contributed by atoms with Crippen LogP contribution in [0.15, 0.2) is 18.3 Å². The first-order valence-electron chi connectivity index (χ1n) is 4.53. The zero-order valence-corrected chi connectivity index (χ0v) is 9.25. The number of carboxylic acids is 1. The third-order valence-corrected chi connectivity index (χ3v) is 2.52. The molecule has 0 aliphatic heterocycles. The van der Waals surface area contributed by atoms with Crippen LogP contribution in [0, 0.1) is 17.5 Å². The van der Waals surface area contributed by atoms with E-state index in [4.69, 9.17) is 16.7 Å². The largest absolute Gasteiger partial charge is 0.478 e. The second-order valence-electron chi connectivity index (χ2n) is 3.28. The molecule has 1 N–H and O–H groups in total. The third-order valence-electron chi connectivity index (χ3n) is 2.16. The Morgan fingerprint density at radius 2 is 1.83 bits per heavy atom. The monoisotopic (exact) mass is 276 g/mol. The lowest BCUT2D eigenvalue weighted by atomic mass is 10.3. The van der Waals surface area contributed by atoms with Gasteiger partial charge in [0.05, 0.1) is 6.20 Å². The van der Waals surface area contributed by atoms with Crippen molar-refractivity contribution in [3.8, 4) is 5.69 Å². The number of hydrogen-bond donors (Lipinski definition) is 1. The summed E-state index contributed by atoms with van der Waals surface area (Å²) in [5.41, 5.74) is -0.854. The van der Waals surface area contributed by atoms with Gasteiger partial charge in [-0.05, 0) is 0 Å². The number of benzene rings is 1. The van der Waals surface area contributed by atoms with E-state index in [1.807, 2.05) is 0 Å². The summed E-state index contributed by atoms with van der Waals surface area (Å²) in [4.78, 5) is 10.7. The average molecular weight is 277 g/mol. The number of aromatic nitrogens is 2. The minimum atomic E-state index is -1.37. The predicted octanol–water partition coefficient (Wildman–Crippen LogP) is 2.64. The van der Waals surface area contributed by atoms with Gasteiger partial charge in [-0.3, -0.25) is 0 Å². The summed E-state index contributed by atoms with van der Waals surface area (Å²) in [5, 5.41) is 11.8. The van der Waals surface area contributed by atoms with Crippen LogP contribution in [0.25, 0.3) is 5.69 Å². The first kappa shape index (κ1) is 12.4. The van der Waals surface area contributed by atoms with E-state index >= 15 is 0 Å². The lowest BCUT2D eigenvalue weighted by Crippen LogP contribution is -2.03. The van der Waals surface area contributed by atoms with E-state index in [1.54, 1.807) is 0 Å². The Bertz CT molecular complexity index is 642. The molecule has 0 spiro atoms. The highest BCUT2D eigenvalue weighted by molar-refractivity contribution is 6.32. The molecule has 2 rings (SSSR count). The first-order valence-corrected chi connectivity index (χ1v) is 4.91. The van der Waals surface area contributed by atoms with Gasteiger partial charge in [-0.1, -0.05) is 11.6 Å². The molecule has 18 heavy (non-hydrogen) atoms. The van der Waals surface area contributed by atoms with E-state index in [9.17, 15) is 18.0 Å². The van der Waals surface area contributed by atoms with Gasteiger partial charge >= 0.3 is 5.97 Å². The van der Waals surface area contributed by atoms with Crippen LogP contribution >= 0.6 is 11.6 Å². The van der Waals surface area contributed by atoms with Crippen molar-refractivity contribution in [3.63, 3.8) is 0 Å². The molecule has 0 saturated carbocycles. The second kappa shape index (κ2) is 4.34. The number of nitrogens with zero attached hydrogens (tertiary/aromatic N) is 2. The molecule has 0 bridgehead atoms. The van der Waals surface area contributed by atoms with Gasteiger partial charge in [-0.15, -0.1) is 0 Å². The van der Waals surface area contributed by atoms with Crippen molar-refractivity contribution in [2.75, 3.05) is 0 Å². The molecule has 4 nitrogen and oxygen atoms in total. The number of halogens is 4. The Morgan fingerprint density at radius 1 is 1.22 bits per heavy atom. The second-order valence-corrected chi connectivity index (χ2v) is 3.64. The van der Waals surface area contributed by atoms with Crippen molar-refractivity contribution < 1.29 is 23.1 Å². The summed E-state index contributed by atoms with van der Waals surface area (Å²) in [7, 11) is 0. The fourth-order valence-electron chi connectivity index (χ4n) is 1.32. The average Bonchev–Trinajstić information content (AvgIpc) is 2.66. The molecule has 1 aromatic carbocycles. The molecule has 0 saturated heterocycles. The van der Waals surface area contributed by atoms with Crippen molar-refractivity contribution in [2.24, 2.45) is 0 Å². The number of carbonyl (C=O) groups is 1. The highest BCUT2D eigenvalue weighted by atomic mass is 35.5. The van der Waals surface area contributed by atoms with Crippen molar-refractivity contribution in [1.82, 2.24) is 9.78 Å². The molecule has 2 aromatic rings. The summed E-state index contributed by atoms with van der Waals surface area (Å²) < 4.78 is 39.8.